The third-order valence-corrected chi connectivity index (χ3v) is 21.1. The van der Waals surface area contributed by atoms with Crippen molar-refractivity contribution in [2.24, 2.45) is 5.92 Å². The van der Waals surface area contributed by atoms with Crippen LogP contribution in [-0.4, -0.2) is 206 Å². The summed E-state index contributed by atoms with van der Waals surface area (Å²) >= 11 is 0. The quantitative estimate of drug-likeness (QED) is 0.00849. The van der Waals surface area contributed by atoms with Crippen LogP contribution in [-0.2, 0) is 91.1 Å². The Bertz CT molecular complexity index is 4230. The number of aliphatic hydroxyl groups is 2. The molecule has 30 heteroatoms. The number of fused-ring (bicyclic) bond motifs is 2. The SMILES string of the molecule is CC1(C)C(=CC=C2CCCC(C=CC3=[N+](CC(=O)NCCOCCOCCO)c4ccccc4C3(C)C)=C2Oc2ccc(C[C@H](CC(=O)[C@H](Cc3ccccc3)NC(=O)CCCCCCCCC(=O)CC[C@H](NC(=O)NCCCC(=O)O)C(=O)O)C(=O)O)cc2)N(CC(=O)NCOCCCOCCCO)c2ccc(S(=O)(=O)O)cc21. The van der Waals surface area contributed by atoms with Crippen molar-refractivity contribution in [2.45, 2.75) is 184 Å². The highest BCUT2D eigenvalue weighted by Crippen LogP contribution is 2.49. The number of allylic oxidation sites excluding steroid dienone is 7. The van der Waals surface area contributed by atoms with Gasteiger partial charge in [-0.15, -0.1) is 0 Å². The molecule has 2 aliphatic heterocycles. The number of nitrogens with zero attached hydrogens (tertiary/aromatic N) is 2. The highest BCUT2D eigenvalue weighted by molar-refractivity contribution is 7.85. The Morgan fingerprint density at radius 2 is 1.26 bits per heavy atom. The Morgan fingerprint density at radius 1 is 0.583 bits per heavy atom. The zero-order chi connectivity index (χ0) is 83.3. The van der Waals surface area contributed by atoms with E-state index >= 15 is 0 Å². The molecule has 115 heavy (non-hydrogen) atoms. The van der Waals surface area contributed by atoms with Crippen molar-refractivity contribution in [2.75, 3.05) is 97.3 Å². The van der Waals surface area contributed by atoms with E-state index in [-0.39, 0.29) is 133 Å². The molecule has 7 rings (SSSR count). The Kier molecular flexibility index (Phi) is 38.0. The van der Waals surface area contributed by atoms with Gasteiger partial charge in [-0.2, -0.15) is 13.0 Å². The highest BCUT2D eigenvalue weighted by Gasteiger charge is 2.46. The van der Waals surface area contributed by atoms with Crippen LogP contribution in [0, 0.1) is 5.92 Å². The van der Waals surface area contributed by atoms with Crippen LogP contribution in [0.5, 0.6) is 5.75 Å². The van der Waals surface area contributed by atoms with Crippen molar-refractivity contribution in [1.82, 2.24) is 26.6 Å². The van der Waals surface area contributed by atoms with E-state index in [1.165, 1.54) is 12.1 Å². The number of hydrogen-bond donors (Lipinski definition) is 11. The van der Waals surface area contributed by atoms with Gasteiger partial charge < -0.3 is 80.7 Å². The first-order chi connectivity index (χ1) is 55.1. The molecular formula is C85H114N7O22S+. The molecule has 29 nitrogen and oxygen atoms in total. The molecule has 626 valence electrons. The molecule has 0 unspecified atom stereocenters. The maximum absolute atomic E-state index is 14.4. The molecule has 2 heterocycles. The summed E-state index contributed by atoms with van der Waals surface area (Å²) in [6.45, 7) is 10.1. The number of aliphatic carboxylic acids is 3. The van der Waals surface area contributed by atoms with Gasteiger partial charge in [0.05, 0.1) is 61.9 Å². The van der Waals surface area contributed by atoms with Crippen LogP contribution in [0.1, 0.15) is 166 Å². The highest BCUT2D eigenvalue weighted by atomic mass is 32.2. The van der Waals surface area contributed by atoms with Crippen molar-refractivity contribution >= 4 is 80.4 Å². The number of ketones is 2. The van der Waals surface area contributed by atoms with Gasteiger partial charge in [0.25, 0.3) is 16.0 Å². The van der Waals surface area contributed by atoms with E-state index in [9.17, 15) is 66.3 Å². The molecule has 0 aromatic heterocycles. The molecule has 0 spiro atoms. The fourth-order valence-corrected chi connectivity index (χ4v) is 14.5. The van der Waals surface area contributed by atoms with E-state index in [4.69, 9.17) is 39.0 Å². The van der Waals surface area contributed by atoms with E-state index in [0.29, 0.717) is 118 Å². The van der Waals surface area contributed by atoms with Crippen molar-refractivity contribution in [1.29, 1.82) is 0 Å². The molecule has 5 amide bonds. The minimum atomic E-state index is -4.64. The fraction of sp³-hybridized carbons (Fsp3) is 0.506. The van der Waals surface area contributed by atoms with Crippen LogP contribution in [0.3, 0.4) is 0 Å². The first-order valence-corrected chi connectivity index (χ1v) is 40.9. The van der Waals surface area contributed by atoms with Gasteiger partial charge in [-0.1, -0.05) is 106 Å². The molecule has 11 N–H and O–H groups in total. The number of carboxylic acid groups (broad SMARTS) is 3. The lowest BCUT2D eigenvalue weighted by atomic mass is 9.81. The van der Waals surface area contributed by atoms with Gasteiger partial charge in [0, 0.05) is 99.5 Å². The lowest BCUT2D eigenvalue weighted by Crippen LogP contribution is -2.46. The first-order valence-electron chi connectivity index (χ1n) is 39.5. The number of carbonyl (C=O) groups excluding carboxylic acids is 6. The number of ether oxygens (including phenoxy) is 5. The lowest BCUT2D eigenvalue weighted by molar-refractivity contribution is -0.425. The molecule has 4 aromatic rings. The summed E-state index contributed by atoms with van der Waals surface area (Å²) in [5.74, 6) is -5.43. The molecule has 3 atom stereocenters. The van der Waals surface area contributed by atoms with E-state index in [1.807, 2.05) is 97.3 Å². The molecule has 0 fully saturated rings. The smallest absolute Gasteiger partial charge is 0.326 e. The second-order valence-electron chi connectivity index (χ2n) is 29.7. The predicted molar refractivity (Wildman–Crippen MR) is 430 cm³/mol. The summed E-state index contributed by atoms with van der Waals surface area (Å²) < 4.78 is 66.6. The number of hydrogen-bond acceptors (Lipinski definition) is 19. The van der Waals surface area contributed by atoms with Gasteiger partial charge in [0.15, 0.2) is 11.5 Å². The number of unbranched alkanes of at least 4 members (excludes halogenated alkanes) is 5. The van der Waals surface area contributed by atoms with Gasteiger partial charge in [-0.3, -0.25) is 38.1 Å². The van der Waals surface area contributed by atoms with Gasteiger partial charge in [0.2, 0.25) is 24.0 Å². The van der Waals surface area contributed by atoms with E-state index in [0.717, 1.165) is 52.9 Å². The Balaban J connectivity index is 1.09. The Hall–Kier alpha value is -9.79. The minimum Gasteiger partial charge on any atom is -0.481 e. The van der Waals surface area contributed by atoms with Crippen LogP contribution in [0.4, 0.5) is 16.2 Å². The number of aliphatic hydroxyl groups excluding tert-OH is 2. The topological polar surface area (TPSA) is 422 Å². The average Bonchev–Trinajstić information content (AvgIpc) is 1.59. The summed E-state index contributed by atoms with van der Waals surface area (Å²) in [7, 11) is -4.64. The van der Waals surface area contributed by atoms with Crippen molar-refractivity contribution in [3.8, 4) is 5.75 Å². The van der Waals surface area contributed by atoms with Crippen LogP contribution >= 0.6 is 0 Å². The molecule has 0 saturated carbocycles. The van der Waals surface area contributed by atoms with Crippen LogP contribution < -0.4 is 36.2 Å². The molecule has 4 aromatic carbocycles. The summed E-state index contributed by atoms with van der Waals surface area (Å²) in [5, 5.41) is 60.6. The number of anilines is 1. The summed E-state index contributed by atoms with van der Waals surface area (Å²) in [4.78, 5) is 118. The molecule has 0 saturated heterocycles. The number of carbonyl (C=O) groups is 9. The minimum absolute atomic E-state index is 0.0129. The number of carboxylic acids is 3. The van der Waals surface area contributed by atoms with E-state index in [1.54, 1.807) is 35.2 Å². The first kappa shape index (κ1) is 92.4. The van der Waals surface area contributed by atoms with E-state index in [2.05, 4.69) is 40.4 Å². The van der Waals surface area contributed by atoms with Gasteiger partial charge in [-0.25, -0.2) is 9.59 Å². The number of amides is 5. The van der Waals surface area contributed by atoms with Crippen molar-refractivity contribution in [3.05, 3.63) is 166 Å². The molecule has 3 aliphatic rings. The largest absolute Gasteiger partial charge is 0.481 e. The normalized spacial score (nSPS) is 15.8. The number of urea groups is 1. The van der Waals surface area contributed by atoms with Crippen LogP contribution in [0.2, 0.25) is 0 Å². The average molecular weight is 1620 g/mol. The number of rotatable bonds is 54. The third-order valence-electron chi connectivity index (χ3n) is 20.2. The molecule has 0 radical (unpaired) electrons. The fourth-order valence-electron chi connectivity index (χ4n) is 14.0. The number of nitrogens with one attached hydrogen (secondary N) is 5. The second kappa shape index (κ2) is 47.3. The number of para-hydroxylation sites is 1. The number of Topliss-reactive ketones (excluding diaryl/α,β-unsaturated/α-hetero) is 2. The summed E-state index contributed by atoms with van der Waals surface area (Å²) in [5.41, 5.74) is 5.75. The zero-order valence-corrected chi connectivity index (χ0v) is 67.2. The predicted octanol–water partition coefficient (Wildman–Crippen LogP) is 9.03. The maximum Gasteiger partial charge on any atom is 0.326 e. The standard InChI is InChI=1S/C85H113N7O22S/c1-84(2)67-25-14-15-26-71(67)91(56-77(98)86-42-48-111-50-51-112-49-44-94)74(84)39-31-61-22-16-23-62(32-40-75-85(3,4)68-55-66(115(107,108)109)36-38-72(68)92(75)57-78(99)88-58-113-47-19-46-110-45-18-43-93)80(61)114-65-34-29-60(30-35-65)52-63(81(102)103)54-73(96)70(53-59-20-10-9-11-21-59)89-76(97)27-13-8-6-5-7-12-24-64(95)33-37-69(82(104)105)90-83(106)87-41-17-28-79(100)101/h9-11,14-15,20-21,25-26,29-32,34-36,38-40,55,63,69-70,93-94H,5-8,12-13,16-19,22-24,27-28,33,37,41-54,56-58H2,1-4H3,(H8-,86,87,88,89,90,97,98,99,100,101,102,103,104,105,106,107,108,109)/p+1/t63-,69+,70+/m1/s1. The van der Waals surface area contributed by atoms with Crippen LogP contribution in [0.25, 0.3) is 0 Å². The second-order valence-corrected chi connectivity index (χ2v) is 31.1. The van der Waals surface area contributed by atoms with Crippen molar-refractivity contribution in [3.63, 3.8) is 0 Å². The number of benzene rings is 4. The third kappa shape index (κ3) is 30.1. The maximum atomic E-state index is 14.4. The van der Waals surface area contributed by atoms with E-state index < -0.39 is 81.0 Å². The van der Waals surface area contributed by atoms with Gasteiger partial charge >= 0.3 is 23.9 Å². The monoisotopic (exact) mass is 1620 g/mol. The lowest BCUT2D eigenvalue weighted by Gasteiger charge is -2.27. The van der Waals surface area contributed by atoms with Crippen LogP contribution in [0.15, 0.2) is 149 Å². The molecular weight excluding hydrogens is 1500 g/mol. The van der Waals surface area contributed by atoms with Gasteiger partial charge in [-0.05, 0) is 155 Å². The van der Waals surface area contributed by atoms with Crippen molar-refractivity contribution < 1.29 is 110 Å². The Labute approximate surface area is 672 Å². The molecule has 1 aliphatic carbocycles. The summed E-state index contributed by atoms with van der Waals surface area (Å²) in [6.07, 6.45) is 14.5. The Morgan fingerprint density at radius 3 is 1.97 bits per heavy atom. The molecule has 0 bridgehead atoms. The van der Waals surface area contributed by atoms with Gasteiger partial charge in [0.1, 0.15) is 36.6 Å². The summed E-state index contributed by atoms with van der Waals surface area (Å²) in [6, 6.07) is 25.1. The zero-order valence-electron chi connectivity index (χ0n) is 66.3.